The van der Waals surface area contributed by atoms with Crippen molar-refractivity contribution in [3.05, 3.63) is 28.4 Å². The predicted molar refractivity (Wildman–Crippen MR) is 55.9 cm³/mol. The molecule has 0 saturated heterocycles. The van der Waals surface area contributed by atoms with Crippen LogP contribution in [0.1, 0.15) is 6.42 Å². The molecule has 1 aromatic heterocycles. The molecule has 0 aliphatic carbocycles. The number of ether oxygens (including phenoxy) is 1. The summed E-state index contributed by atoms with van der Waals surface area (Å²) in [5, 5.41) is 13.4. The van der Waals surface area contributed by atoms with Gasteiger partial charge < -0.3 is 20.2 Å². The number of aromatic nitrogens is 1. The molecular formula is C9H13N3O3. The van der Waals surface area contributed by atoms with Crippen LogP contribution in [-0.4, -0.2) is 30.2 Å². The monoisotopic (exact) mass is 211 g/mol. The molecule has 1 N–H and O–H groups in total. The number of nitrogens with one attached hydrogen (secondary N) is 1. The third kappa shape index (κ3) is 3.90. The van der Waals surface area contributed by atoms with Crippen LogP contribution in [0.5, 0.6) is 0 Å². The van der Waals surface area contributed by atoms with Gasteiger partial charge in [-0.15, -0.1) is 0 Å². The lowest BCUT2D eigenvalue weighted by Crippen LogP contribution is -2.05. The van der Waals surface area contributed by atoms with Crippen molar-refractivity contribution in [3.8, 4) is 0 Å². The highest BCUT2D eigenvalue weighted by Crippen LogP contribution is 2.10. The molecular weight excluding hydrogens is 198 g/mol. The number of nitrogens with zero attached hydrogens (tertiary/aromatic N) is 2. The Balaban J connectivity index is 2.39. The summed E-state index contributed by atoms with van der Waals surface area (Å²) >= 11 is 0. The van der Waals surface area contributed by atoms with E-state index in [1.165, 1.54) is 12.3 Å². The van der Waals surface area contributed by atoms with Gasteiger partial charge in [-0.3, -0.25) is 0 Å². The van der Waals surface area contributed by atoms with Crippen molar-refractivity contribution in [2.45, 2.75) is 6.42 Å². The fraction of sp³-hybridized carbons (Fsp3) is 0.444. The van der Waals surface area contributed by atoms with Gasteiger partial charge in [0, 0.05) is 26.3 Å². The summed E-state index contributed by atoms with van der Waals surface area (Å²) in [6, 6.07) is 3.01. The van der Waals surface area contributed by atoms with Crippen molar-refractivity contribution in [3.63, 3.8) is 0 Å². The quantitative estimate of drug-likeness (QED) is 0.437. The SMILES string of the molecule is COCCCNc1ccc([N+](=O)[O-])nc1. The number of anilines is 1. The third-order valence-corrected chi connectivity index (χ3v) is 1.79. The number of hydrogen-bond donors (Lipinski definition) is 1. The summed E-state index contributed by atoms with van der Waals surface area (Å²) in [6.07, 6.45) is 2.33. The van der Waals surface area contributed by atoms with Crippen LogP contribution < -0.4 is 5.32 Å². The highest BCUT2D eigenvalue weighted by atomic mass is 16.6. The molecule has 0 atom stereocenters. The van der Waals surface area contributed by atoms with Crippen LogP contribution in [0.2, 0.25) is 0 Å². The number of hydrogen-bond acceptors (Lipinski definition) is 5. The Morgan fingerprint density at radius 3 is 2.93 bits per heavy atom. The van der Waals surface area contributed by atoms with E-state index in [9.17, 15) is 10.1 Å². The summed E-state index contributed by atoms with van der Waals surface area (Å²) in [4.78, 5) is 13.5. The zero-order valence-electron chi connectivity index (χ0n) is 8.47. The molecule has 1 heterocycles. The van der Waals surface area contributed by atoms with Gasteiger partial charge in [-0.25, -0.2) is 0 Å². The van der Waals surface area contributed by atoms with Gasteiger partial charge >= 0.3 is 5.82 Å². The van der Waals surface area contributed by atoms with E-state index < -0.39 is 4.92 Å². The molecule has 0 aliphatic heterocycles. The smallest absolute Gasteiger partial charge is 0.363 e. The van der Waals surface area contributed by atoms with Crippen molar-refractivity contribution >= 4 is 11.5 Å². The number of pyridine rings is 1. The van der Waals surface area contributed by atoms with Crippen LogP contribution in [-0.2, 0) is 4.74 Å². The molecule has 0 unspecified atom stereocenters. The summed E-state index contributed by atoms with van der Waals surface area (Å²) in [5.41, 5.74) is 0.775. The fourth-order valence-corrected chi connectivity index (χ4v) is 1.05. The molecule has 0 saturated carbocycles. The van der Waals surface area contributed by atoms with Crippen molar-refractivity contribution in [2.24, 2.45) is 0 Å². The average molecular weight is 211 g/mol. The largest absolute Gasteiger partial charge is 0.385 e. The summed E-state index contributed by atoms with van der Waals surface area (Å²) < 4.78 is 4.89. The minimum Gasteiger partial charge on any atom is -0.385 e. The maximum atomic E-state index is 10.3. The highest BCUT2D eigenvalue weighted by Gasteiger charge is 2.05. The second-order valence-corrected chi connectivity index (χ2v) is 2.94. The van der Waals surface area contributed by atoms with Gasteiger partial charge in [0.05, 0.1) is 5.69 Å². The van der Waals surface area contributed by atoms with Crippen LogP contribution >= 0.6 is 0 Å². The summed E-state index contributed by atoms with van der Waals surface area (Å²) in [6.45, 7) is 1.45. The molecule has 0 amide bonds. The standard InChI is InChI=1S/C9H13N3O3/c1-15-6-2-5-10-8-3-4-9(11-7-8)12(13)14/h3-4,7,10H,2,5-6H2,1H3. The van der Waals surface area contributed by atoms with Gasteiger partial charge in [-0.1, -0.05) is 0 Å². The molecule has 0 aromatic carbocycles. The van der Waals surface area contributed by atoms with Gasteiger partial charge in [0.15, 0.2) is 6.20 Å². The Kier molecular flexibility index (Phi) is 4.49. The maximum absolute atomic E-state index is 10.3. The first-order chi connectivity index (χ1) is 7.24. The minimum atomic E-state index is -0.519. The molecule has 1 aromatic rings. The van der Waals surface area contributed by atoms with Gasteiger partial charge in [-0.2, -0.15) is 0 Å². The zero-order chi connectivity index (χ0) is 11.1. The Bertz CT molecular complexity index is 313. The van der Waals surface area contributed by atoms with Crippen LogP contribution in [0.25, 0.3) is 0 Å². The van der Waals surface area contributed by atoms with Crippen molar-refractivity contribution in [1.82, 2.24) is 4.98 Å². The molecule has 0 aliphatic rings. The van der Waals surface area contributed by atoms with E-state index in [2.05, 4.69) is 10.3 Å². The number of methoxy groups -OCH3 is 1. The molecule has 15 heavy (non-hydrogen) atoms. The Labute approximate surface area is 87.4 Å². The molecule has 6 heteroatoms. The summed E-state index contributed by atoms with van der Waals surface area (Å²) in [5.74, 6) is -0.141. The van der Waals surface area contributed by atoms with Gasteiger partial charge in [0.25, 0.3) is 0 Å². The second-order valence-electron chi connectivity index (χ2n) is 2.94. The van der Waals surface area contributed by atoms with Crippen molar-refractivity contribution in [2.75, 3.05) is 25.6 Å². The van der Waals surface area contributed by atoms with E-state index in [0.29, 0.717) is 6.61 Å². The highest BCUT2D eigenvalue weighted by molar-refractivity contribution is 5.43. The first kappa shape index (κ1) is 11.4. The molecule has 0 radical (unpaired) electrons. The molecule has 0 fully saturated rings. The lowest BCUT2D eigenvalue weighted by Gasteiger charge is -2.03. The molecule has 0 bridgehead atoms. The van der Waals surface area contributed by atoms with Gasteiger partial charge in [0.1, 0.15) is 0 Å². The first-order valence-electron chi connectivity index (χ1n) is 4.57. The van der Waals surface area contributed by atoms with E-state index in [-0.39, 0.29) is 5.82 Å². The van der Waals surface area contributed by atoms with Crippen molar-refractivity contribution in [1.29, 1.82) is 0 Å². The topological polar surface area (TPSA) is 77.3 Å². The Hall–Kier alpha value is -1.69. The van der Waals surface area contributed by atoms with Gasteiger partial charge in [0.2, 0.25) is 0 Å². The van der Waals surface area contributed by atoms with E-state index in [1.54, 1.807) is 13.2 Å². The van der Waals surface area contributed by atoms with Crippen molar-refractivity contribution < 1.29 is 9.66 Å². The number of rotatable bonds is 6. The average Bonchev–Trinajstić information content (AvgIpc) is 2.25. The molecule has 82 valence electrons. The zero-order valence-corrected chi connectivity index (χ0v) is 8.47. The van der Waals surface area contributed by atoms with E-state index in [4.69, 9.17) is 4.74 Å². The normalized spacial score (nSPS) is 9.93. The second kappa shape index (κ2) is 5.92. The lowest BCUT2D eigenvalue weighted by molar-refractivity contribution is -0.389. The Morgan fingerprint density at radius 1 is 1.60 bits per heavy atom. The third-order valence-electron chi connectivity index (χ3n) is 1.79. The Morgan fingerprint density at radius 2 is 2.40 bits per heavy atom. The number of nitro groups is 1. The van der Waals surface area contributed by atoms with Crippen LogP contribution in [0.4, 0.5) is 11.5 Å². The van der Waals surface area contributed by atoms with E-state index in [1.807, 2.05) is 0 Å². The maximum Gasteiger partial charge on any atom is 0.363 e. The van der Waals surface area contributed by atoms with Crippen LogP contribution in [0.15, 0.2) is 18.3 Å². The minimum absolute atomic E-state index is 0.141. The van der Waals surface area contributed by atoms with Gasteiger partial charge in [-0.05, 0) is 22.4 Å². The molecule has 1 rings (SSSR count). The molecule has 6 nitrogen and oxygen atoms in total. The first-order valence-corrected chi connectivity index (χ1v) is 4.57. The van der Waals surface area contributed by atoms with E-state index in [0.717, 1.165) is 18.7 Å². The fourth-order valence-electron chi connectivity index (χ4n) is 1.05. The van der Waals surface area contributed by atoms with E-state index >= 15 is 0 Å². The summed E-state index contributed by atoms with van der Waals surface area (Å²) in [7, 11) is 1.65. The predicted octanol–water partition coefficient (Wildman–Crippen LogP) is 1.44. The lowest BCUT2D eigenvalue weighted by atomic mass is 10.4. The van der Waals surface area contributed by atoms with Crippen LogP contribution in [0.3, 0.4) is 0 Å². The molecule has 0 spiro atoms. The van der Waals surface area contributed by atoms with Crippen LogP contribution in [0, 0.1) is 10.1 Å².